The highest BCUT2D eigenvalue weighted by molar-refractivity contribution is 5.83. The predicted octanol–water partition coefficient (Wildman–Crippen LogP) is 2.30. The Kier molecular flexibility index (Phi) is 3.80. The van der Waals surface area contributed by atoms with Crippen LogP contribution in [-0.4, -0.2) is 6.36 Å². The van der Waals surface area contributed by atoms with Crippen LogP contribution in [0.1, 0.15) is 5.56 Å². The van der Waals surface area contributed by atoms with E-state index in [-0.39, 0.29) is 11.1 Å². The number of para-hydroxylation sites is 1. The van der Waals surface area contributed by atoms with Gasteiger partial charge in [-0.3, -0.25) is 0 Å². The molecule has 0 unspecified atom stereocenters. The molecule has 1 aromatic carbocycles. The maximum absolute atomic E-state index is 12.2. The predicted molar refractivity (Wildman–Crippen MR) is 55.5 cm³/mol. The lowest BCUT2D eigenvalue weighted by Crippen LogP contribution is -2.18. The number of ether oxygens (including phenoxy) is 1. The minimum Gasteiger partial charge on any atom is -0.405 e. The molecule has 7 heteroatoms. The molecule has 0 heterocycles. The van der Waals surface area contributed by atoms with Crippen LogP contribution in [0, 0.1) is 22.7 Å². The van der Waals surface area contributed by atoms with Crippen molar-refractivity contribution in [2.75, 3.05) is 0 Å². The molecule has 0 atom stereocenters. The molecule has 2 N–H and O–H groups in total. The molecule has 1 rings (SSSR count). The van der Waals surface area contributed by atoms with Crippen molar-refractivity contribution in [2.24, 2.45) is 5.73 Å². The van der Waals surface area contributed by atoms with Crippen molar-refractivity contribution in [3.05, 3.63) is 35.5 Å². The van der Waals surface area contributed by atoms with E-state index in [0.717, 1.165) is 6.07 Å². The zero-order valence-electron chi connectivity index (χ0n) is 8.82. The van der Waals surface area contributed by atoms with Crippen molar-refractivity contribution in [3.8, 4) is 17.9 Å². The summed E-state index contributed by atoms with van der Waals surface area (Å²) in [5.74, 6) is -0.584. The van der Waals surface area contributed by atoms with Gasteiger partial charge >= 0.3 is 6.36 Å². The van der Waals surface area contributed by atoms with Gasteiger partial charge in [-0.1, -0.05) is 12.1 Å². The van der Waals surface area contributed by atoms with Crippen molar-refractivity contribution in [3.63, 3.8) is 0 Å². The van der Waals surface area contributed by atoms with Gasteiger partial charge in [0.15, 0.2) is 0 Å². The molecule has 1 aromatic rings. The van der Waals surface area contributed by atoms with Crippen molar-refractivity contribution in [2.45, 2.75) is 6.36 Å². The first kappa shape index (κ1) is 13.4. The lowest BCUT2D eigenvalue weighted by molar-refractivity contribution is -0.274. The third kappa shape index (κ3) is 3.16. The van der Waals surface area contributed by atoms with Gasteiger partial charge in [0.25, 0.3) is 0 Å². The van der Waals surface area contributed by atoms with E-state index in [2.05, 4.69) is 4.74 Å². The molecule has 0 bridgehead atoms. The van der Waals surface area contributed by atoms with E-state index in [1.165, 1.54) is 24.3 Å². The van der Waals surface area contributed by atoms with E-state index < -0.39 is 17.8 Å². The zero-order valence-corrected chi connectivity index (χ0v) is 8.82. The molecular formula is C11H6F3N3O. The van der Waals surface area contributed by atoms with Gasteiger partial charge in [-0.25, -0.2) is 0 Å². The molecule has 0 spiro atoms. The largest absolute Gasteiger partial charge is 0.573 e. The first-order valence-electron chi connectivity index (χ1n) is 4.54. The summed E-state index contributed by atoms with van der Waals surface area (Å²) in [4.78, 5) is 0. The van der Waals surface area contributed by atoms with Crippen molar-refractivity contribution >= 4 is 5.57 Å². The zero-order chi connectivity index (χ0) is 13.8. The van der Waals surface area contributed by atoms with Gasteiger partial charge in [-0.15, -0.1) is 13.2 Å². The molecule has 92 valence electrons. The van der Waals surface area contributed by atoms with Gasteiger partial charge in [-0.05, 0) is 12.1 Å². The van der Waals surface area contributed by atoms with Gasteiger partial charge in [0.2, 0.25) is 0 Å². The van der Waals surface area contributed by atoms with E-state index in [1.54, 1.807) is 6.07 Å². The van der Waals surface area contributed by atoms with Crippen LogP contribution in [0.5, 0.6) is 5.75 Å². The van der Waals surface area contributed by atoms with Crippen LogP contribution in [0.3, 0.4) is 0 Å². The minimum absolute atomic E-state index is 0.184. The van der Waals surface area contributed by atoms with Crippen LogP contribution in [0.25, 0.3) is 5.57 Å². The topological polar surface area (TPSA) is 82.8 Å². The lowest BCUT2D eigenvalue weighted by Gasteiger charge is -2.12. The highest BCUT2D eigenvalue weighted by atomic mass is 19.4. The van der Waals surface area contributed by atoms with Gasteiger partial charge in [0, 0.05) is 5.56 Å². The van der Waals surface area contributed by atoms with Crippen LogP contribution >= 0.6 is 0 Å². The van der Waals surface area contributed by atoms with Crippen LogP contribution in [0.15, 0.2) is 30.0 Å². The summed E-state index contributed by atoms with van der Waals surface area (Å²) in [7, 11) is 0. The van der Waals surface area contributed by atoms with Gasteiger partial charge < -0.3 is 10.5 Å². The van der Waals surface area contributed by atoms with E-state index >= 15 is 0 Å². The van der Waals surface area contributed by atoms with E-state index in [4.69, 9.17) is 16.3 Å². The average molecular weight is 253 g/mol. The first-order chi connectivity index (χ1) is 8.39. The van der Waals surface area contributed by atoms with Crippen LogP contribution < -0.4 is 10.5 Å². The Morgan fingerprint density at radius 1 is 1.17 bits per heavy atom. The summed E-state index contributed by atoms with van der Waals surface area (Å²) in [6, 6.07) is 8.04. The van der Waals surface area contributed by atoms with Crippen LogP contribution in [-0.2, 0) is 0 Å². The van der Waals surface area contributed by atoms with Gasteiger partial charge in [0.05, 0.1) is 5.57 Å². The summed E-state index contributed by atoms with van der Waals surface area (Å²) in [5.41, 5.74) is 4.23. The molecule has 0 saturated carbocycles. The molecule has 0 aliphatic carbocycles. The standard InChI is InChI=1S/C11H6F3N3O/c12-11(13,14)18-10-4-2-1-3-7(10)8(5-15)9(17)6-16/h1-4H,17H2/b9-8+. The third-order valence-corrected chi connectivity index (χ3v) is 1.88. The molecule has 0 aliphatic rings. The number of allylic oxidation sites excluding steroid dienone is 2. The lowest BCUT2D eigenvalue weighted by atomic mass is 10.0. The molecular weight excluding hydrogens is 247 g/mol. The number of nitrogens with zero attached hydrogens (tertiary/aromatic N) is 2. The number of halogens is 3. The van der Waals surface area contributed by atoms with E-state index in [1.807, 2.05) is 0 Å². The molecule has 0 aliphatic heterocycles. The minimum atomic E-state index is -4.89. The molecule has 0 radical (unpaired) electrons. The Labute approximate surface area is 100 Å². The summed E-state index contributed by atoms with van der Waals surface area (Å²) >= 11 is 0. The second kappa shape index (κ2) is 5.11. The van der Waals surface area contributed by atoms with Crippen LogP contribution in [0.4, 0.5) is 13.2 Å². The Balaban J connectivity index is 3.36. The number of hydrogen-bond acceptors (Lipinski definition) is 4. The SMILES string of the molecule is N#C/C(N)=C(/C#N)c1ccccc1OC(F)(F)F. The number of benzene rings is 1. The molecule has 0 fully saturated rings. The van der Waals surface area contributed by atoms with Crippen LogP contribution in [0.2, 0.25) is 0 Å². The summed E-state index contributed by atoms with van der Waals surface area (Å²) in [6.45, 7) is 0. The number of alkyl halides is 3. The molecule has 0 saturated heterocycles. The fraction of sp³-hybridized carbons (Fsp3) is 0.0909. The second-order valence-corrected chi connectivity index (χ2v) is 3.06. The maximum Gasteiger partial charge on any atom is 0.573 e. The summed E-state index contributed by atoms with van der Waals surface area (Å²) in [5, 5.41) is 17.4. The first-order valence-corrected chi connectivity index (χ1v) is 4.54. The Bertz CT molecular complexity index is 564. The van der Waals surface area contributed by atoms with Crippen molar-refractivity contribution in [1.82, 2.24) is 0 Å². The maximum atomic E-state index is 12.2. The van der Waals surface area contributed by atoms with E-state index in [9.17, 15) is 13.2 Å². The van der Waals surface area contributed by atoms with E-state index in [0.29, 0.717) is 0 Å². The molecule has 4 nitrogen and oxygen atoms in total. The molecule has 0 aromatic heterocycles. The number of nitrogens with two attached hydrogens (primary N) is 1. The third-order valence-electron chi connectivity index (χ3n) is 1.88. The summed E-state index contributed by atoms with van der Waals surface area (Å²) < 4.78 is 40.2. The Morgan fingerprint density at radius 2 is 1.78 bits per heavy atom. The fourth-order valence-electron chi connectivity index (χ4n) is 1.21. The smallest absolute Gasteiger partial charge is 0.405 e. The van der Waals surface area contributed by atoms with Gasteiger partial charge in [-0.2, -0.15) is 10.5 Å². The Hall–Kier alpha value is -2.67. The second-order valence-electron chi connectivity index (χ2n) is 3.06. The highest BCUT2D eigenvalue weighted by Crippen LogP contribution is 2.31. The Morgan fingerprint density at radius 3 is 2.28 bits per heavy atom. The average Bonchev–Trinajstić information content (AvgIpc) is 2.30. The quantitative estimate of drug-likeness (QED) is 0.819. The number of hydrogen-bond donors (Lipinski definition) is 1. The molecule has 18 heavy (non-hydrogen) atoms. The van der Waals surface area contributed by atoms with Gasteiger partial charge in [0.1, 0.15) is 23.6 Å². The fourth-order valence-corrected chi connectivity index (χ4v) is 1.21. The number of nitriles is 2. The number of rotatable bonds is 2. The highest BCUT2D eigenvalue weighted by Gasteiger charge is 2.32. The normalized spacial score (nSPS) is 12.1. The van der Waals surface area contributed by atoms with Crippen molar-refractivity contribution in [1.29, 1.82) is 10.5 Å². The molecule has 0 amide bonds. The van der Waals surface area contributed by atoms with Crippen molar-refractivity contribution < 1.29 is 17.9 Å². The monoisotopic (exact) mass is 253 g/mol. The summed E-state index contributed by atoms with van der Waals surface area (Å²) in [6.07, 6.45) is -4.89.